The average molecular weight is 397 g/mol. The van der Waals surface area contributed by atoms with Crippen LogP contribution in [0.5, 0.6) is 0 Å². The fourth-order valence-electron chi connectivity index (χ4n) is 2.73. The van der Waals surface area contributed by atoms with E-state index in [0.29, 0.717) is 23.9 Å². The van der Waals surface area contributed by atoms with E-state index in [2.05, 4.69) is 20.6 Å². The molecule has 1 saturated heterocycles. The number of para-hydroxylation sites is 1. The number of amides is 1. The average Bonchev–Trinajstić information content (AvgIpc) is 3.26. The van der Waals surface area contributed by atoms with Crippen LogP contribution in [0.15, 0.2) is 40.7 Å². The van der Waals surface area contributed by atoms with Crippen LogP contribution in [0.2, 0.25) is 0 Å². The van der Waals surface area contributed by atoms with Crippen molar-refractivity contribution in [3.63, 3.8) is 0 Å². The van der Waals surface area contributed by atoms with Gasteiger partial charge in [0.25, 0.3) is 0 Å². The molecule has 0 saturated carbocycles. The van der Waals surface area contributed by atoms with Gasteiger partial charge in [0.15, 0.2) is 11.7 Å². The maximum Gasteiger partial charge on any atom is 0.434 e. The Bertz CT molecular complexity index is 821. The minimum Gasteiger partial charge on any atom is -0.351 e. The molecule has 3 rings (SSSR count). The molecule has 1 aromatic heterocycles. The van der Waals surface area contributed by atoms with Gasteiger partial charge in [-0.1, -0.05) is 18.2 Å². The molecule has 1 fully saturated rings. The number of guanidine groups is 1. The summed E-state index contributed by atoms with van der Waals surface area (Å²) in [4.78, 5) is 21.6. The minimum absolute atomic E-state index is 0.00361. The normalized spacial score (nSPS) is 18.1. The number of carbonyl (C=O) groups is 1. The Morgan fingerprint density at radius 2 is 2.11 bits per heavy atom. The Balaban J connectivity index is 1.55. The van der Waals surface area contributed by atoms with Crippen molar-refractivity contribution in [3.8, 4) is 0 Å². The first-order chi connectivity index (χ1) is 12.9. The molecule has 0 bridgehead atoms. The van der Waals surface area contributed by atoms with Crippen LogP contribution in [0.1, 0.15) is 17.1 Å². The number of aliphatic imine (C=N–C) groups is 1. The lowest BCUT2D eigenvalue weighted by Gasteiger charge is -2.18. The van der Waals surface area contributed by atoms with Gasteiger partial charge in [-0.3, -0.25) is 9.79 Å². The summed E-state index contributed by atoms with van der Waals surface area (Å²) in [5.41, 5.74) is -0.0654. The third-order valence-corrected chi connectivity index (χ3v) is 4.86. The van der Waals surface area contributed by atoms with Gasteiger partial charge < -0.3 is 15.5 Å². The van der Waals surface area contributed by atoms with Crippen LogP contribution in [0.3, 0.4) is 0 Å². The van der Waals surface area contributed by atoms with Gasteiger partial charge in [0.1, 0.15) is 5.01 Å². The second-order valence-electron chi connectivity index (χ2n) is 5.94. The maximum atomic E-state index is 12.6. The molecule has 2 N–H and O–H groups in total. The predicted molar refractivity (Wildman–Crippen MR) is 97.7 cm³/mol. The lowest BCUT2D eigenvalue weighted by atomic mass is 10.2. The Kier molecular flexibility index (Phi) is 5.64. The van der Waals surface area contributed by atoms with Crippen molar-refractivity contribution in [2.45, 2.75) is 25.2 Å². The van der Waals surface area contributed by atoms with Gasteiger partial charge >= 0.3 is 6.18 Å². The molecule has 27 heavy (non-hydrogen) atoms. The van der Waals surface area contributed by atoms with E-state index in [1.54, 1.807) is 11.9 Å². The summed E-state index contributed by atoms with van der Waals surface area (Å²) in [7, 11) is 1.56. The minimum atomic E-state index is -4.44. The highest BCUT2D eigenvalue weighted by atomic mass is 32.1. The number of hydrogen-bond acceptors (Lipinski definition) is 4. The lowest BCUT2D eigenvalue weighted by molar-refractivity contribution is -0.140. The first-order valence-corrected chi connectivity index (χ1v) is 9.09. The quantitative estimate of drug-likeness (QED) is 0.615. The highest BCUT2D eigenvalue weighted by Crippen LogP contribution is 2.29. The van der Waals surface area contributed by atoms with Gasteiger partial charge in [0.05, 0.1) is 12.6 Å². The molecule has 1 unspecified atom stereocenters. The second-order valence-corrected chi connectivity index (χ2v) is 6.88. The summed E-state index contributed by atoms with van der Waals surface area (Å²) in [5.74, 6) is 0.412. The summed E-state index contributed by atoms with van der Waals surface area (Å²) < 4.78 is 37.8. The number of thiazole rings is 1. The largest absolute Gasteiger partial charge is 0.434 e. The molecular weight excluding hydrogens is 379 g/mol. The SMILES string of the molecule is CN=C(NCc1nc(C(F)(F)F)cs1)NC1CC(=O)N(c2ccccc2)C1. The van der Waals surface area contributed by atoms with E-state index in [-0.39, 0.29) is 18.5 Å². The van der Waals surface area contributed by atoms with Crippen molar-refractivity contribution in [1.82, 2.24) is 15.6 Å². The molecule has 0 spiro atoms. The molecule has 1 amide bonds. The molecule has 1 aliphatic rings. The second kappa shape index (κ2) is 7.95. The van der Waals surface area contributed by atoms with Gasteiger partial charge in [-0.05, 0) is 12.1 Å². The number of nitrogens with zero attached hydrogens (tertiary/aromatic N) is 3. The van der Waals surface area contributed by atoms with Gasteiger partial charge in [0.2, 0.25) is 5.91 Å². The van der Waals surface area contributed by atoms with E-state index in [0.717, 1.165) is 22.4 Å². The van der Waals surface area contributed by atoms with Crippen molar-refractivity contribution in [2.75, 3.05) is 18.5 Å². The first kappa shape index (κ1) is 19.2. The number of hydrogen-bond donors (Lipinski definition) is 2. The molecule has 144 valence electrons. The molecule has 1 aromatic carbocycles. The van der Waals surface area contributed by atoms with Gasteiger partial charge in [0, 0.05) is 31.1 Å². The fourth-order valence-corrected chi connectivity index (χ4v) is 3.47. The fraction of sp³-hybridized carbons (Fsp3) is 0.353. The third kappa shape index (κ3) is 4.76. The summed E-state index contributed by atoms with van der Waals surface area (Å²) >= 11 is 0.931. The molecule has 2 aromatic rings. The van der Waals surface area contributed by atoms with E-state index in [1.165, 1.54) is 0 Å². The van der Waals surface area contributed by atoms with Crippen LogP contribution in [0.4, 0.5) is 18.9 Å². The number of anilines is 1. The van der Waals surface area contributed by atoms with E-state index in [1.807, 2.05) is 30.3 Å². The molecule has 6 nitrogen and oxygen atoms in total. The van der Waals surface area contributed by atoms with Crippen molar-refractivity contribution < 1.29 is 18.0 Å². The lowest BCUT2D eigenvalue weighted by Crippen LogP contribution is -2.44. The maximum absolute atomic E-state index is 12.6. The molecule has 0 radical (unpaired) electrons. The van der Waals surface area contributed by atoms with Crippen LogP contribution < -0.4 is 15.5 Å². The van der Waals surface area contributed by atoms with Crippen molar-refractivity contribution in [2.24, 2.45) is 4.99 Å². The number of alkyl halides is 3. The zero-order chi connectivity index (χ0) is 19.4. The zero-order valence-corrected chi connectivity index (χ0v) is 15.3. The standard InChI is InChI=1S/C17H18F3N5OS/c1-21-16(22-8-14-24-13(10-27-14)17(18,19)20)23-11-7-15(26)25(9-11)12-5-3-2-4-6-12/h2-6,10-11H,7-9H2,1H3,(H2,21,22,23). The number of rotatable bonds is 4. The van der Waals surface area contributed by atoms with Crippen LogP contribution in [0.25, 0.3) is 0 Å². The molecular formula is C17H18F3N5OS. The Hall–Kier alpha value is -2.62. The molecule has 1 aliphatic heterocycles. The smallest absolute Gasteiger partial charge is 0.351 e. The molecule has 2 heterocycles. The first-order valence-electron chi connectivity index (χ1n) is 8.21. The van der Waals surface area contributed by atoms with Gasteiger partial charge in [-0.25, -0.2) is 4.98 Å². The summed E-state index contributed by atoms with van der Waals surface area (Å²) in [6, 6.07) is 9.21. The van der Waals surface area contributed by atoms with Crippen molar-refractivity contribution in [1.29, 1.82) is 0 Å². The van der Waals surface area contributed by atoms with E-state index in [4.69, 9.17) is 0 Å². The Labute approximate surface area is 158 Å². The number of nitrogens with one attached hydrogen (secondary N) is 2. The van der Waals surface area contributed by atoms with Crippen LogP contribution in [-0.2, 0) is 17.5 Å². The Morgan fingerprint density at radius 3 is 2.74 bits per heavy atom. The van der Waals surface area contributed by atoms with Crippen LogP contribution in [0, 0.1) is 0 Å². The zero-order valence-electron chi connectivity index (χ0n) is 14.5. The Morgan fingerprint density at radius 1 is 1.37 bits per heavy atom. The summed E-state index contributed by atoms with van der Waals surface area (Å²) in [6.45, 7) is 0.600. The highest BCUT2D eigenvalue weighted by molar-refractivity contribution is 7.09. The number of carbonyl (C=O) groups excluding carboxylic acids is 1. The number of aromatic nitrogens is 1. The topological polar surface area (TPSA) is 69.6 Å². The van der Waals surface area contributed by atoms with E-state index < -0.39 is 11.9 Å². The number of benzene rings is 1. The van der Waals surface area contributed by atoms with E-state index >= 15 is 0 Å². The number of halogens is 3. The van der Waals surface area contributed by atoms with Gasteiger partial charge in [-0.15, -0.1) is 11.3 Å². The van der Waals surface area contributed by atoms with Crippen molar-refractivity contribution in [3.05, 3.63) is 46.4 Å². The molecule has 1 atom stereocenters. The highest BCUT2D eigenvalue weighted by Gasteiger charge is 2.34. The molecule has 0 aliphatic carbocycles. The third-order valence-electron chi connectivity index (χ3n) is 4.01. The summed E-state index contributed by atoms with van der Waals surface area (Å²) in [6.07, 6.45) is -4.13. The van der Waals surface area contributed by atoms with Crippen molar-refractivity contribution >= 4 is 28.9 Å². The monoisotopic (exact) mass is 397 g/mol. The van der Waals surface area contributed by atoms with Gasteiger partial charge in [-0.2, -0.15) is 13.2 Å². The summed E-state index contributed by atoms with van der Waals surface area (Å²) in [5, 5.41) is 7.36. The predicted octanol–water partition coefficient (Wildman–Crippen LogP) is 2.63. The van der Waals surface area contributed by atoms with Crippen LogP contribution >= 0.6 is 11.3 Å². The van der Waals surface area contributed by atoms with E-state index in [9.17, 15) is 18.0 Å². The molecule has 10 heteroatoms. The van der Waals surface area contributed by atoms with Crippen LogP contribution in [-0.4, -0.2) is 36.5 Å².